The Morgan fingerprint density at radius 2 is 1.62 bits per heavy atom. The maximum Gasteiger partial charge on any atom is 0.264 e. The van der Waals surface area contributed by atoms with Gasteiger partial charge in [-0.1, -0.05) is 29.8 Å². The summed E-state index contributed by atoms with van der Waals surface area (Å²) in [4.78, 5) is 24.6. The Hall–Kier alpha value is -3.46. The lowest BCUT2D eigenvalue weighted by Crippen LogP contribution is -2.26. The number of anilines is 4. The summed E-state index contributed by atoms with van der Waals surface area (Å²) >= 11 is 0. The molecular formula is C20H19N5O3S. The Morgan fingerprint density at radius 1 is 0.931 bits per heavy atom. The van der Waals surface area contributed by atoms with E-state index in [1.807, 2.05) is 19.1 Å². The van der Waals surface area contributed by atoms with E-state index in [1.54, 1.807) is 43.3 Å². The van der Waals surface area contributed by atoms with Gasteiger partial charge >= 0.3 is 0 Å². The van der Waals surface area contributed by atoms with Crippen LogP contribution in [0.1, 0.15) is 15.9 Å². The number of amides is 1. The normalized spacial score (nSPS) is 13.6. The Bertz CT molecular complexity index is 1210. The number of carbonyl (C=O) groups excluding carboxylic acids is 1. The molecule has 0 radical (unpaired) electrons. The number of hydrogen-bond acceptors (Lipinski definition) is 6. The molecule has 29 heavy (non-hydrogen) atoms. The second-order valence-corrected chi connectivity index (χ2v) is 8.44. The highest BCUT2D eigenvalue weighted by Crippen LogP contribution is 2.37. The first kappa shape index (κ1) is 18.9. The van der Waals surface area contributed by atoms with Crippen LogP contribution in [0, 0.1) is 6.92 Å². The molecule has 3 aromatic rings. The number of nitrogens with zero attached hydrogens (tertiary/aromatic N) is 4. The topological polar surface area (TPSA) is 95.5 Å². The molecule has 1 aromatic heterocycles. The van der Waals surface area contributed by atoms with E-state index in [0.717, 1.165) is 5.56 Å². The summed E-state index contributed by atoms with van der Waals surface area (Å²) in [5.41, 5.74) is 2.64. The number of carbonyl (C=O) groups is 1. The summed E-state index contributed by atoms with van der Waals surface area (Å²) in [6.07, 6.45) is 1.44. The molecule has 1 aliphatic rings. The number of fused-ring (bicyclic) bond motifs is 2. The summed E-state index contributed by atoms with van der Waals surface area (Å²) < 4.78 is 27.8. The van der Waals surface area contributed by atoms with Gasteiger partial charge in [0.1, 0.15) is 5.69 Å². The van der Waals surface area contributed by atoms with Gasteiger partial charge in [0.15, 0.2) is 5.82 Å². The van der Waals surface area contributed by atoms with E-state index in [-0.39, 0.29) is 16.8 Å². The van der Waals surface area contributed by atoms with Gasteiger partial charge in [0.25, 0.3) is 15.9 Å². The molecule has 9 heteroatoms. The van der Waals surface area contributed by atoms with Crippen molar-refractivity contribution < 1.29 is 13.2 Å². The predicted molar refractivity (Wildman–Crippen MR) is 111 cm³/mol. The molecule has 0 saturated heterocycles. The van der Waals surface area contributed by atoms with E-state index in [4.69, 9.17) is 0 Å². The molecule has 2 heterocycles. The molecule has 2 aromatic carbocycles. The largest absolute Gasteiger partial charge is 0.327 e. The molecule has 0 fully saturated rings. The average molecular weight is 409 g/mol. The quantitative estimate of drug-likeness (QED) is 0.715. The van der Waals surface area contributed by atoms with Gasteiger partial charge in [-0.25, -0.2) is 18.1 Å². The third kappa shape index (κ3) is 3.29. The van der Waals surface area contributed by atoms with E-state index in [0.29, 0.717) is 22.8 Å². The zero-order chi connectivity index (χ0) is 20.8. The Balaban J connectivity index is 1.76. The smallest absolute Gasteiger partial charge is 0.264 e. The van der Waals surface area contributed by atoms with Crippen molar-refractivity contribution in [2.75, 3.05) is 28.6 Å². The van der Waals surface area contributed by atoms with Gasteiger partial charge in [-0.2, -0.15) is 4.98 Å². The number of hydrogen-bond donors (Lipinski definition) is 1. The third-order valence-corrected chi connectivity index (χ3v) is 6.13. The fourth-order valence-corrected chi connectivity index (χ4v) is 4.10. The van der Waals surface area contributed by atoms with Crippen molar-refractivity contribution >= 4 is 39.1 Å². The molecule has 0 aliphatic carbocycles. The molecule has 0 atom stereocenters. The first-order valence-corrected chi connectivity index (χ1v) is 10.3. The van der Waals surface area contributed by atoms with Crippen molar-refractivity contribution in [3.05, 3.63) is 65.9 Å². The van der Waals surface area contributed by atoms with Gasteiger partial charge in [0.2, 0.25) is 5.95 Å². The molecule has 4 rings (SSSR count). The molecule has 0 spiro atoms. The second-order valence-electron chi connectivity index (χ2n) is 6.76. The molecule has 0 saturated carbocycles. The van der Waals surface area contributed by atoms with Gasteiger partial charge in [-0.3, -0.25) is 4.79 Å². The highest BCUT2D eigenvalue weighted by atomic mass is 32.2. The van der Waals surface area contributed by atoms with Crippen molar-refractivity contribution in [2.24, 2.45) is 0 Å². The zero-order valence-corrected chi connectivity index (χ0v) is 16.9. The number of benzene rings is 2. The molecule has 0 bridgehead atoms. The van der Waals surface area contributed by atoms with Crippen molar-refractivity contribution in [3.63, 3.8) is 0 Å². The van der Waals surface area contributed by atoms with Crippen molar-refractivity contribution in [1.29, 1.82) is 0 Å². The van der Waals surface area contributed by atoms with Crippen LogP contribution in [0.3, 0.4) is 0 Å². The maximum absolute atomic E-state index is 12.8. The minimum absolute atomic E-state index is 0.0728. The number of para-hydroxylation sites is 1. The first-order chi connectivity index (χ1) is 13.8. The Morgan fingerprint density at radius 3 is 2.34 bits per heavy atom. The molecular weight excluding hydrogens is 390 g/mol. The molecule has 0 unspecified atom stereocenters. The number of nitrogens with one attached hydrogen (secondary N) is 1. The van der Waals surface area contributed by atoms with Gasteiger partial charge in [0, 0.05) is 14.1 Å². The fourth-order valence-electron chi connectivity index (χ4n) is 3.15. The summed E-state index contributed by atoms with van der Waals surface area (Å²) in [5, 5.41) is 0. The van der Waals surface area contributed by atoms with Crippen molar-refractivity contribution in [2.45, 2.75) is 11.8 Å². The lowest BCUT2D eigenvalue weighted by molar-refractivity contribution is 0.0994. The van der Waals surface area contributed by atoms with E-state index in [9.17, 15) is 13.2 Å². The van der Waals surface area contributed by atoms with Crippen LogP contribution in [-0.2, 0) is 10.0 Å². The number of rotatable bonds is 3. The highest BCUT2D eigenvalue weighted by Gasteiger charge is 2.29. The highest BCUT2D eigenvalue weighted by molar-refractivity contribution is 7.92. The van der Waals surface area contributed by atoms with Crippen LogP contribution in [0.2, 0.25) is 0 Å². The monoisotopic (exact) mass is 409 g/mol. The Labute approximate surface area is 168 Å². The number of sulfonamides is 1. The van der Waals surface area contributed by atoms with E-state index in [1.165, 1.54) is 23.2 Å². The number of aryl methyl sites for hydroxylation is 1. The molecule has 8 nitrogen and oxygen atoms in total. The van der Waals surface area contributed by atoms with Gasteiger partial charge in [0.05, 0.1) is 22.3 Å². The van der Waals surface area contributed by atoms with Gasteiger partial charge < -0.3 is 9.80 Å². The van der Waals surface area contributed by atoms with Crippen LogP contribution in [0.5, 0.6) is 0 Å². The molecule has 1 N–H and O–H groups in total. The summed E-state index contributed by atoms with van der Waals surface area (Å²) in [6, 6.07) is 13.7. The third-order valence-electron chi connectivity index (χ3n) is 4.79. The van der Waals surface area contributed by atoms with Crippen LogP contribution >= 0.6 is 0 Å². The van der Waals surface area contributed by atoms with Crippen LogP contribution in [0.4, 0.5) is 23.1 Å². The minimum atomic E-state index is -3.84. The maximum atomic E-state index is 12.8. The molecule has 1 aliphatic heterocycles. The minimum Gasteiger partial charge on any atom is -0.327 e. The van der Waals surface area contributed by atoms with Crippen molar-refractivity contribution in [3.8, 4) is 0 Å². The van der Waals surface area contributed by atoms with Gasteiger partial charge in [-0.05, 0) is 31.2 Å². The van der Waals surface area contributed by atoms with Crippen LogP contribution < -0.4 is 14.5 Å². The van der Waals surface area contributed by atoms with Crippen molar-refractivity contribution in [1.82, 2.24) is 9.97 Å². The molecule has 1 amide bonds. The zero-order valence-electron chi connectivity index (χ0n) is 16.1. The summed E-state index contributed by atoms with van der Waals surface area (Å²) in [7, 11) is -0.433. The average Bonchev–Trinajstić information content (AvgIpc) is 2.78. The lowest BCUT2D eigenvalue weighted by atomic mass is 10.1. The van der Waals surface area contributed by atoms with Gasteiger partial charge in [-0.15, -0.1) is 0 Å². The number of aromatic nitrogens is 2. The van der Waals surface area contributed by atoms with Crippen LogP contribution in [-0.4, -0.2) is 38.4 Å². The predicted octanol–water partition coefficient (Wildman–Crippen LogP) is 2.94. The SMILES string of the molecule is Cc1ccc(S(=O)(=O)Nc2ncc3c(n2)N(C)c2ccccc2C(=O)N3C)cc1. The second kappa shape index (κ2) is 6.85. The summed E-state index contributed by atoms with van der Waals surface area (Å²) in [6.45, 7) is 1.88. The van der Waals surface area contributed by atoms with E-state index in [2.05, 4.69) is 14.7 Å². The molecule has 148 valence electrons. The Kier molecular flexibility index (Phi) is 4.46. The first-order valence-electron chi connectivity index (χ1n) is 8.85. The lowest BCUT2D eigenvalue weighted by Gasteiger charge is -2.21. The van der Waals surface area contributed by atoms with E-state index >= 15 is 0 Å². The summed E-state index contributed by atoms with van der Waals surface area (Å²) in [5.74, 6) is 0.154. The van der Waals surface area contributed by atoms with Crippen LogP contribution in [0.15, 0.2) is 59.6 Å². The van der Waals surface area contributed by atoms with E-state index < -0.39 is 10.0 Å². The standard InChI is InChI=1S/C20H19N5O3S/c1-13-8-10-14(11-9-13)29(27,28)23-20-21-12-17-18(22-20)24(2)16-7-5-4-6-15(16)19(26)25(17)3/h4-12H,1-3H3,(H,21,22,23). The fraction of sp³-hybridized carbons (Fsp3) is 0.150. The van der Waals surface area contributed by atoms with Crippen LogP contribution in [0.25, 0.3) is 0 Å².